The lowest BCUT2D eigenvalue weighted by Crippen LogP contribution is -2.46. The lowest BCUT2D eigenvalue weighted by Gasteiger charge is -2.19. The van der Waals surface area contributed by atoms with Gasteiger partial charge >= 0.3 is 0 Å². The van der Waals surface area contributed by atoms with E-state index < -0.39 is 0 Å². The maximum absolute atomic E-state index is 5.45. The highest BCUT2D eigenvalue weighted by Gasteiger charge is 2.08. The summed E-state index contributed by atoms with van der Waals surface area (Å²) in [4.78, 5) is 4.38. The summed E-state index contributed by atoms with van der Waals surface area (Å²) < 4.78 is 5.26. The summed E-state index contributed by atoms with van der Waals surface area (Å²) in [5.41, 5.74) is 2.61. The summed E-state index contributed by atoms with van der Waals surface area (Å²) in [6.45, 7) is 10.8. The van der Waals surface area contributed by atoms with E-state index in [0.717, 1.165) is 32.6 Å². The van der Waals surface area contributed by atoms with Crippen LogP contribution in [0.4, 0.5) is 0 Å². The van der Waals surface area contributed by atoms with E-state index in [1.165, 1.54) is 6.42 Å². The Labute approximate surface area is 112 Å². The number of rotatable bonds is 9. The Hall–Kier alpha value is -0.810. The number of aliphatic imine (C=N–C) groups is 1. The second-order valence-electron chi connectivity index (χ2n) is 4.72. The summed E-state index contributed by atoms with van der Waals surface area (Å²) in [6.07, 6.45) is 3.24. The molecule has 0 aliphatic rings. The van der Waals surface area contributed by atoms with Gasteiger partial charge in [-0.05, 0) is 32.6 Å². The molecule has 0 saturated heterocycles. The zero-order valence-electron chi connectivity index (χ0n) is 12.3. The van der Waals surface area contributed by atoms with E-state index in [2.05, 4.69) is 36.5 Å². The van der Waals surface area contributed by atoms with Crippen molar-refractivity contribution in [2.24, 2.45) is 16.8 Å². The highest BCUT2D eigenvalue weighted by atomic mass is 16.5. The molecule has 0 spiro atoms. The number of guanidine groups is 1. The van der Waals surface area contributed by atoms with Crippen molar-refractivity contribution in [3.05, 3.63) is 0 Å². The average molecular weight is 258 g/mol. The van der Waals surface area contributed by atoms with Crippen molar-refractivity contribution in [3.8, 4) is 0 Å². The molecule has 0 aromatic heterocycles. The minimum absolute atomic E-state index is 0.377. The first-order valence-electron chi connectivity index (χ1n) is 6.99. The van der Waals surface area contributed by atoms with Crippen molar-refractivity contribution in [1.29, 1.82) is 0 Å². The quantitative estimate of drug-likeness (QED) is 0.193. The van der Waals surface area contributed by atoms with Gasteiger partial charge in [-0.2, -0.15) is 0 Å². The van der Waals surface area contributed by atoms with Crippen molar-refractivity contribution in [2.45, 2.75) is 53.0 Å². The van der Waals surface area contributed by atoms with Gasteiger partial charge in [0.1, 0.15) is 0 Å². The van der Waals surface area contributed by atoms with Crippen molar-refractivity contribution in [2.75, 3.05) is 19.8 Å². The topological polar surface area (TPSA) is 71.7 Å². The van der Waals surface area contributed by atoms with E-state index in [4.69, 9.17) is 10.6 Å². The molecule has 2 unspecified atom stereocenters. The van der Waals surface area contributed by atoms with Crippen molar-refractivity contribution >= 4 is 5.96 Å². The number of nitrogens with two attached hydrogens (primary N) is 1. The van der Waals surface area contributed by atoms with Crippen LogP contribution in [0.3, 0.4) is 0 Å². The van der Waals surface area contributed by atoms with E-state index >= 15 is 0 Å². The fraction of sp³-hybridized carbons (Fsp3) is 0.923. The monoisotopic (exact) mass is 258 g/mol. The molecule has 0 aromatic rings. The number of hydrazine groups is 1. The molecule has 0 aliphatic heterocycles. The highest BCUT2D eigenvalue weighted by Crippen LogP contribution is 2.08. The Balaban J connectivity index is 3.89. The Morgan fingerprint density at radius 2 is 2.06 bits per heavy atom. The smallest absolute Gasteiger partial charge is 0.205 e. The third-order valence-corrected chi connectivity index (χ3v) is 2.89. The number of hydrogen-bond donors (Lipinski definition) is 3. The molecule has 5 heteroatoms. The fourth-order valence-electron chi connectivity index (χ4n) is 1.70. The maximum atomic E-state index is 5.45. The molecule has 0 radical (unpaired) electrons. The lowest BCUT2D eigenvalue weighted by molar-refractivity contribution is 0.146. The zero-order valence-corrected chi connectivity index (χ0v) is 12.3. The van der Waals surface area contributed by atoms with Gasteiger partial charge in [-0.3, -0.25) is 10.4 Å². The van der Waals surface area contributed by atoms with E-state index in [0.29, 0.717) is 17.9 Å². The molecule has 0 bridgehead atoms. The largest absolute Gasteiger partial charge is 0.382 e. The molecule has 0 fully saturated rings. The van der Waals surface area contributed by atoms with E-state index in [-0.39, 0.29) is 0 Å². The zero-order chi connectivity index (χ0) is 13.8. The van der Waals surface area contributed by atoms with E-state index in [9.17, 15) is 0 Å². The maximum Gasteiger partial charge on any atom is 0.205 e. The standard InChI is InChI=1S/C13H30N4O/c1-5-11(3)10-12(4)16-13(17-14)15-8-7-9-18-6-2/h11-12H,5-10,14H2,1-4H3,(H2,15,16,17). The van der Waals surface area contributed by atoms with Gasteiger partial charge in [0.2, 0.25) is 5.96 Å². The Bertz CT molecular complexity index is 221. The van der Waals surface area contributed by atoms with Gasteiger partial charge in [0, 0.05) is 25.8 Å². The molecule has 18 heavy (non-hydrogen) atoms. The minimum atomic E-state index is 0.377. The van der Waals surface area contributed by atoms with Gasteiger partial charge in [0.05, 0.1) is 0 Å². The fourth-order valence-corrected chi connectivity index (χ4v) is 1.70. The summed E-state index contributed by atoms with van der Waals surface area (Å²) in [7, 11) is 0. The third-order valence-electron chi connectivity index (χ3n) is 2.89. The summed E-state index contributed by atoms with van der Waals surface area (Å²) in [6, 6.07) is 0.377. The molecular formula is C13H30N4O. The predicted molar refractivity (Wildman–Crippen MR) is 77.4 cm³/mol. The third kappa shape index (κ3) is 9.24. The van der Waals surface area contributed by atoms with Crippen molar-refractivity contribution in [3.63, 3.8) is 0 Å². The molecule has 4 N–H and O–H groups in total. The molecule has 0 saturated carbocycles. The van der Waals surface area contributed by atoms with Gasteiger partial charge in [-0.1, -0.05) is 20.3 Å². The molecule has 5 nitrogen and oxygen atoms in total. The SMILES string of the molecule is CCOCCCN=C(NN)NC(C)CC(C)CC. The molecule has 0 heterocycles. The van der Waals surface area contributed by atoms with Crippen LogP contribution < -0.4 is 16.6 Å². The molecule has 0 rings (SSSR count). The van der Waals surface area contributed by atoms with Crippen LogP contribution in [0.5, 0.6) is 0 Å². The summed E-state index contributed by atoms with van der Waals surface area (Å²) >= 11 is 0. The van der Waals surface area contributed by atoms with Crippen LogP contribution in [-0.4, -0.2) is 31.8 Å². The second kappa shape index (κ2) is 11.3. The Kier molecular flexibility index (Phi) is 10.8. The van der Waals surface area contributed by atoms with Crippen LogP contribution in [-0.2, 0) is 4.74 Å². The van der Waals surface area contributed by atoms with Crippen LogP contribution in [0.25, 0.3) is 0 Å². The number of hydrogen-bond acceptors (Lipinski definition) is 3. The molecule has 2 atom stereocenters. The first-order chi connectivity index (χ1) is 8.63. The van der Waals surface area contributed by atoms with E-state index in [1.807, 2.05) is 6.92 Å². The van der Waals surface area contributed by atoms with Crippen LogP contribution in [0.2, 0.25) is 0 Å². The van der Waals surface area contributed by atoms with Gasteiger partial charge < -0.3 is 10.1 Å². The normalized spacial score (nSPS) is 15.3. The van der Waals surface area contributed by atoms with Gasteiger partial charge in [-0.15, -0.1) is 0 Å². The van der Waals surface area contributed by atoms with Crippen LogP contribution in [0.1, 0.15) is 47.0 Å². The Morgan fingerprint density at radius 1 is 1.33 bits per heavy atom. The summed E-state index contributed by atoms with van der Waals surface area (Å²) in [5, 5.41) is 3.30. The molecule has 0 aliphatic carbocycles. The molecule has 108 valence electrons. The van der Waals surface area contributed by atoms with Crippen LogP contribution in [0.15, 0.2) is 4.99 Å². The number of nitrogens with one attached hydrogen (secondary N) is 2. The molecular weight excluding hydrogens is 228 g/mol. The van der Waals surface area contributed by atoms with Crippen molar-refractivity contribution < 1.29 is 4.74 Å². The van der Waals surface area contributed by atoms with Gasteiger partial charge in [0.15, 0.2) is 0 Å². The minimum Gasteiger partial charge on any atom is -0.382 e. The van der Waals surface area contributed by atoms with Gasteiger partial charge in [-0.25, -0.2) is 5.84 Å². The highest BCUT2D eigenvalue weighted by molar-refractivity contribution is 5.79. The van der Waals surface area contributed by atoms with Crippen LogP contribution in [0, 0.1) is 5.92 Å². The van der Waals surface area contributed by atoms with E-state index in [1.54, 1.807) is 0 Å². The second-order valence-corrected chi connectivity index (χ2v) is 4.72. The first-order valence-corrected chi connectivity index (χ1v) is 6.99. The lowest BCUT2D eigenvalue weighted by atomic mass is 10.0. The Morgan fingerprint density at radius 3 is 2.61 bits per heavy atom. The summed E-state index contributed by atoms with van der Waals surface area (Å²) in [5.74, 6) is 6.83. The molecule has 0 aromatic carbocycles. The molecule has 0 amide bonds. The predicted octanol–water partition coefficient (Wildman–Crippen LogP) is 1.65. The van der Waals surface area contributed by atoms with Crippen molar-refractivity contribution in [1.82, 2.24) is 10.7 Å². The first kappa shape index (κ1) is 17.2. The number of nitrogens with zero attached hydrogens (tertiary/aromatic N) is 1. The van der Waals surface area contributed by atoms with Gasteiger partial charge in [0.25, 0.3) is 0 Å². The average Bonchev–Trinajstić information content (AvgIpc) is 2.36. The number of ether oxygens (including phenoxy) is 1. The van der Waals surface area contributed by atoms with Crippen LogP contribution >= 0.6 is 0 Å².